The minimum absolute atomic E-state index is 0.0658. The zero-order valence-corrected chi connectivity index (χ0v) is 26.1. The van der Waals surface area contributed by atoms with Crippen LogP contribution in [0.1, 0.15) is 46.9 Å². The predicted molar refractivity (Wildman–Crippen MR) is 173 cm³/mol. The summed E-state index contributed by atoms with van der Waals surface area (Å²) >= 11 is 0. The Kier molecular flexibility index (Phi) is 16.3. The first kappa shape index (κ1) is 39.2. The second-order valence-corrected chi connectivity index (χ2v) is 9.04. The Labute approximate surface area is 270 Å². The number of amides is 2. The number of benzene rings is 3. The molecule has 11 nitrogen and oxygen atoms in total. The van der Waals surface area contributed by atoms with Crippen LogP contribution in [-0.4, -0.2) is 48.1 Å². The van der Waals surface area contributed by atoms with E-state index in [0.717, 1.165) is 5.56 Å². The van der Waals surface area contributed by atoms with Crippen molar-refractivity contribution in [3.63, 3.8) is 0 Å². The van der Waals surface area contributed by atoms with Gasteiger partial charge in [-0.15, -0.1) is 0 Å². The number of nitrogens with two attached hydrogens (primary N) is 1. The van der Waals surface area contributed by atoms with Crippen molar-refractivity contribution in [3.8, 4) is 11.5 Å². The maximum Gasteiger partial charge on any atom is 0.490 e. The molecule has 47 heavy (non-hydrogen) atoms. The van der Waals surface area contributed by atoms with Crippen molar-refractivity contribution in [2.75, 3.05) is 18.5 Å². The molecule has 0 saturated carbocycles. The summed E-state index contributed by atoms with van der Waals surface area (Å²) in [5, 5.41) is 17.9. The molecule has 0 radical (unpaired) electrons. The van der Waals surface area contributed by atoms with Gasteiger partial charge < -0.3 is 25.6 Å². The van der Waals surface area contributed by atoms with Crippen molar-refractivity contribution in [3.05, 3.63) is 114 Å². The molecule has 0 aliphatic rings. The number of rotatable bonds is 12. The highest BCUT2D eigenvalue weighted by Gasteiger charge is 2.38. The highest BCUT2D eigenvalue weighted by molar-refractivity contribution is 5.98. The number of alkyl halides is 3. The fourth-order valence-corrected chi connectivity index (χ4v) is 3.53. The summed E-state index contributed by atoms with van der Waals surface area (Å²) < 4.78 is 43.2. The normalized spacial score (nSPS) is 10.7. The van der Waals surface area contributed by atoms with Gasteiger partial charge >= 0.3 is 12.1 Å². The van der Waals surface area contributed by atoms with Crippen LogP contribution in [0.15, 0.2) is 92.0 Å². The number of carbonyl (C=O) groups is 3. The van der Waals surface area contributed by atoms with Gasteiger partial charge in [-0.25, -0.2) is 4.79 Å². The van der Waals surface area contributed by atoms with Crippen LogP contribution in [0, 0.1) is 12.3 Å². The lowest BCUT2D eigenvalue weighted by Crippen LogP contribution is -2.45. The minimum atomic E-state index is -5.08. The molecule has 2 amide bonds. The maximum absolute atomic E-state index is 13.4. The number of aryl methyl sites for hydroxylation is 1. The van der Waals surface area contributed by atoms with Crippen LogP contribution in [-0.2, 0) is 9.59 Å². The van der Waals surface area contributed by atoms with Crippen molar-refractivity contribution < 1.29 is 42.1 Å². The molecule has 14 heteroatoms. The molecule has 0 saturated heterocycles. The third kappa shape index (κ3) is 13.0. The average Bonchev–Trinajstić information content (AvgIpc) is 3.05. The molecule has 0 aliphatic carbocycles. The SMILES string of the molecule is C=CCOc1ccc(C(Nc2ccc(C(=N)N)cc2)C(=O)NNC(=O)c2ccccc2C)cc1OCC=C.CC.O=C(O)C(F)(F)F. The van der Waals surface area contributed by atoms with Gasteiger partial charge in [0.1, 0.15) is 25.1 Å². The van der Waals surface area contributed by atoms with Crippen LogP contribution in [0.3, 0.4) is 0 Å². The molecule has 0 aliphatic heterocycles. The highest BCUT2D eigenvalue weighted by atomic mass is 19.4. The van der Waals surface area contributed by atoms with E-state index in [2.05, 4.69) is 29.3 Å². The van der Waals surface area contributed by atoms with E-state index in [1.165, 1.54) is 0 Å². The fourth-order valence-electron chi connectivity index (χ4n) is 3.53. The molecular weight excluding hydrogens is 619 g/mol. The lowest BCUT2D eigenvalue weighted by molar-refractivity contribution is -0.192. The number of halogens is 3. The van der Waals surface area contributed by atoms with Gasteiger partial charge in [0, 0.05) is 16.8 Å². The fraction of sp³-hybridized carbons (Fsp3) is 0.212. The maximum atomic E-state index is 13.4. The van der Waals surface area contributed by atoms with Gasteiger partial charge in [0.2, 0.25) is 0 Å². The van der Waals surface area contributed by atoms with E-state index in [9.17, 15) is 22.8 Å². The third-order valence-corrected chi connectivity index (χ3v) is 5.71. The van der Waals surface area contributed by atoms with E-state index in [0.29, 0.717) is 33.9 Å². The predicted octanol–water partition coefficient (Wildman–Crippen LogP) is 5.68. The van der Waals surface area contributed by atoms with Gasteiger partial charge in [-0.2, -0.15) is 13.2 Å². The number of nitrogen functional groups attached to an aromatic ring is 1. The molecule has 0 fully saturated rings. The van der Waals surface area contributed by atoms with Crippen LogP contribution < -0.4 is 31.4 Å². The molecule has 0 aromatic heterocycles. The van der Waals surface area contributed by atoms with E-state index < -0.39 is 30.0 Å². The Morgan fingerprint density at radius 1 is 0.936 bits per heavy atom. The number of aliphatic carboxylic acids is 1. The van der Waals surface area contributed by atoms with E-state index in [1.54, 1.807) is 66.7 Å². The number of anilines is 1. The van der Waals surface area contributed by atoms with Crippen molar-refractivity contribution in [2.24, 2.45) is 5.73 Å². The van der Waals surface area contributed by atoms with Crippen molar-refractivity contribution in [1.29, 1.82) is 5.41 Å². The third-order valence-electron chi connectivity index (χ3n) is 5.71. The van der Waals surface area contributed by atoms with Crippen LogP contribution in [0.4, 0.5) is 18.9 Å². The number of nitrogens with one attached hydrogen (secondary N) is 4. The van der Waals surface area contributed by atoms with Crippen LogP contribution >= 0.6 is 0 Å². The van der Waals surface area contributed by atoms with Crippen LogP contribution in [0.5, 0.6) is 11.5 Å². The largest absolute Gasteiger partial charge is 0.490 e. The Morgan fingerprint density at radius 3 is 2.00 bits per heavy atom. The number of hydrazine groups is 1. The number of ether oxygens (including phenoxy) is 2. The summed E-state index contributed by atoms with van der Waals surface area (Å²) in [7, 11) is 0. The smallest absolute Gasteiger partial charge is 0.486 e. The van der Waals surface area contributed by atoms with Gasteiger partial charge in [-0.1, -0.05) is 63.4 Å². The van der Waals surface area contributed by atoms with Crippen LogP contribution in [0.2, 0.25) is 0 Å². The van der Waals surface area contributed by atoms with E-state index in [-0.39, 0.29) is 19.0 Å². The van der Waals surface area contributed by atoms with Crippen LogP contribution in [0.25, 0.3) is 0 Å². The van der Waals surface area contributed by atoms with E-state index >= 15 is 0 Å². The molecule has 0 spiro atoms. The topological polar surface area (TPSA) is 176 Å². The molecule has 3 aromatic rings. The van der Waals surface area contributed by atoms with Crippen molar-refractivity contribution in [1.82, 2.24) is 10.9 Å². The van der Waals surface area contributed by atoms with Crippen molar-refractivity contribution in [2.45, 2.75) is 33.0 Å². The van der Waals surface area contributed by atoms with Gasteiger partial charge in [-0.05, 0) is 60.5 Å². The summed E-state index contributed by atoms with van der Waals surface area (Å²) in [6, 6.07) is 18.0. The Morgan fingerprint density at radius 2 is 1.49 bits per heavy atom. The molecule has 0 heterocycles. The number of carboxylic acid groups (broad SMARTS) is 1. The Balaban J connectivity index is 0.00000108. The number of hydrogen-bond acceptors (Lipinski definition) is 7. The summed E-state index contributed by atoms with van der Waals surface area (Å²) in [4.78, 5) is 35.0. The Hall–Kier alpha value is -5.79. The molecule has 252 valence electrons. The summed E-state index contributed by atoms with van der Waals surface area (Å²) in [6.45, 7) is 13.7. The number of carbonyl (C=O) groups excluding carboxylic acids is 2. The molecule has 1 atom stereocenters. The van der Waals surface area contributed by atoms with Gasteiger partial charge in [0.25, 0.3) is 11.8 Å². The highest BCUT2D eigenvalue weighted by Crippen LogP contribution is 2.32. The Bertz CT molecular complexity index is 1530. The van der Waals surface area contributed by atoms with Gasteiger partial charge in [0.15, 0.2) is 11.5 Å². The second-order valence-electron chi connectivity index (χ2n) is 9.04. The quantitative estimate of drug-likeness (QED) is 0.0624. The zero-order valence-electron chi connectivity index (χ0n) is 26.1. The average molecular weight is 658 g/mol. The number of amidine groups is 1. The molecule has 1 unspecified atom stereocenters. The summed E-state index contributed by atoms with van der Waals surface area (Å²) in [5.74, 6) is -2.88. The van der Waals surface area contributed by atoms with Gasteiger partial charge in [0.05, 0.1) is 0 Å². The first-order chi connectivity index (χ1) is 22.3. The molecular formula is C33H38F3N5O6. The second kappa shape index (κ2) is 19.6. The van der Waals surface area contributed by atoms with E-state index in [1.807, 2.05) is 32.9 Å². The molecule has 3 rings (SSSR count). The standard InChI is InChI=1S/C29H31N5O4.C2HF3O2.C2H6/c1-4-16-37-24-15-12-21(18-25(24)38-17-5-2)26(32-22-13-10-20(11-14-22)27(30)31)29(36)34-33-28(35)23-9-7-6-8-19(23)3;3-2(4,5)1(6)7;1-2/h4-15,18,26,32H,1-2,16-17H2,3H3,(H3,30,31)(H,33,35)(H,34,36);(H,6,7);1-2H3. The summed E-state index contributed by atoms with van der Waals surface area (Å²) in [5.41, 5.74) is 13.5. The molecule has 3 aromatic carbocycles. The van der Waals surface area contributed by atoms with Gasteiger partial charge in [-0.3, -0.25) is 25.8 Å². The number of carboxylic acids is 1. The number of hydrogen-bond donors (Lipinski definition) is 6. The summed E-state index contributed by atoms with van der Waals surface area (Å²) in [6.07, 6.45) is -1.87. The lowest BCUT2D eigenvalue weighted by atomic mass is 10.0. The minimum Gasteiger partial charge on any atom is -0.486 e. The first-order valence-corrected chi connectivity index (χ1v) is 14.1. The van der Waals surface area contributed by atoms with Crippen molar-refractivity contribution >= 4 is 29.3 Å². The lowest BCUT2D eigenvalue weighted by Gasteiger charge is -2.22. The molecule has 7 N–H and O–H groups in total. The molecule has 0 bridgehead atoms. The zero-order chi connectivity index (χ0) is 35.6. The monoisotopic (exact) mass is 657 g/mol. The van der Waals surface area contributed by atoms with E-state index in [4.69, 9.17) is 30.5 Å². The first-order valence-electron chi connectivity index (χ1n) is 14.1.